The second-order valence-corrected chi connectivity index (χ2v) is 5.51. The number of rotatable bonds is 4. The average Bonchev–Trinajstić information content (AvgIpc) is 2.98. The number of aromatic nitrogens is 1. The molecule has 22 heavy (non-hydrogen) atoms. The third kappa shape index (κ3) is 2.35. The van der Waals surface area contributed by atoms with Crippen LogP contribution in [0.25, 0.3) is 21.3 Å². The highest BCUT2D eigenvalue weighted by molar-refractivity contribution is 7.17. The van der Waals surface area contributed by atoms with Gasteiger partial charge in [0.05, 0.1) is 14.2 Å². The molecule has 0 saturated carbocycles. The van der Waals surface area contributed by atoms with Gasteiger partial charge >= 0.3 is 5.63 Å². The minimum atomic E-state index is -0.354. The van der Waals surface area contributed by atoms with E-state index in [-0.39, 0.29) is 5.63 Å². The van der Waals surface area contributed by atoms with Gasteiger partial charge in [-0.05, 0) is 17.7 Å². The highest BCUT2D eigenvalue weighted by Gasteiger charge is 2.15. The Morgan fingerprint density at radius 1 is 1.23 bits per heavy atom. The minimum absolute atomic E-state index is 0.354. The van der Waals surface area contributed by atoms with Gasteiger partial charge in [-0.3, -0.25) is 0 Å². The van der Waals surface area contributed by atoms with Crippen LogP contribution < -0.4 is 15.1 Å². The van der Waals surface area contributed by atoms with Crippen LogP contribution in [0, 0.1) is 0 Å². The summed E-state index contributed by atoms with van der Waals surface area (Å²) >= 11 is 1.43. The smallest absolute Gasteiger partial charge is 0.348 e. The fraction of sp³-hybridized carbons (Fsp3) is 0.250. The van der Waals surface area contributed by atoms with E-state index in [4.69, 9.17) is 13.9 Å². The van der Waals surface area contributed by atoms with Crippen molar-refractivity contribution in [2.45, 2.75) is 13.3 Å². The molecule has 0 N–H and O–H groups in total. The first kappa shape index (κ1) is 14.6. The lowest BCUT2D eigenvalue weighted by Crippen LogP contribution is -2.03. The van der Waals surface area contributed by atoms with E-state index in [2.05, 4.69) is 4.98 Å². The van der Waals surface area contributed by atoms with Gasteiger partial charge in [0.25, 0.3) is 0 Å². The lowest BCUT2D eigenvalue weighted by atomic mass is 10.1. The summed E-state index contributed by atoms with van der Waals surface area (Å²) in [6.45, 7) is 1.90. The van der Waals surface area contributed by atoms with Crippen LogP contribution in [-0.4, -0.2) is 19.2 Å². The third-order valence-corrected chi connectivity index (χ3v) is 4.28. The number of methoxy groups -OCH3 is 2. The van der Waals surface area contributed by atoms with Crippen LogP contribution in [0.15, 0.2) is 32.8 Å². The van der Waals surface area contributed by atoms with Crippen molar-refractivity contribution in [1.82, 2.24) is 4.98 Å². The molecule has 0 amide bonds. The Labute approximate surface area is 131 Å². The molecule has 0 aliphatic rings. The van der Waals surface area contributed by atoms with Crippen LogP contribution in [0.1, 0.15) is 12.8 Å². The summed E-state index contributed by atoms with van der Waals surface area (Å²) in [5, 5.41) is 2.42. The van der Waals surface area contributed by atoms with E-state index in [1.807, 2.05) is 30.5 Å². The largest absolute Gasteiger partial charge is 0.493 e. The maximum absolute atomic E-state index is 12.2. The molecule has 0 aliphatic heterocycles. The molecule has 3 aromatic rings. The van der Waals surface area contributed by atoms with Crippen LogP contribution in [0.5, 0.6) is 11.5 Å². The van der Waals surface area contributed by atoms with Gasteiger partial charge in [0.1, 0.15) is 10.2 Å². The molecule has 2 heterocycles. The van der Waals surface area contributed by atoms with Crippen LogP contribution in [0.3, 0.4) is 0 Å². The van der Waals surface area contributed by atoms with Gasteiger partial charge in [-0.1, -0.05) is 13.0 Å². The standard InChI is InChI=1S/C16H15NO4S/c1-4-13-17-15-14(16(18)21-13)10(8-22-15)9-5-6-11(19-2)12(7-9)20-3/h5-8H,4H2,1-3H3. The number of ether oxygens (including phenoxy) is 2. The maximum atomic E-state index is 12.2. The van der Waals surface area contributed by atoms with Crippen LogP contribution in [0.4, 0.5) is 0 Å². The van der Waals surface area contributed by atoms with Crippen molar-refractivity contribution < 1.29 is 13.9 Å². The number of hydrogen-bond acceptors (Lipinski definition) is 6. The van der Waals surface area contributed by atoms with Crippen molar-refractivity contribution in [2.75, 3.05) is 14.2 Å². The quantitative estimate of drug-likeness (QED) is 0.737. The molecule has 3 rings (SSSR count). The van der Waals surface area contributed by atoms with Crippen molar-refractivity contribution >= 4 is 21.6 Å². The number of thiophene rings is 1. The summed E-state index contributed by atoms with van der Waals surface area (Å²) < 4.78 is 15.8. The monoisotopic (exact) mass is 317 g/mol. The fourth-order valence-electron chi connectivity index (χ4n) is 2.29. The van der Waals surface area contributed by atoms with Gasteiger partial charge in [-0.2, -0.15) is 0 Å². The van der Waals surface area contributed by atoms with Crippen molar-refractivity contribution in [3.05, 3.63) is 39.9 Å². The number of aryl methyl sites for hydroxylation is 1. The predicted molar refractivity (Wildman–Crippen MR) is 86.1 cm³/mol. The SMILES string of the molecule is CCc1nc2scc(-c3ccc(OC)c(OC)c3)c2c(=O)o1. The highest BCUT2D eigenvalue weighted by Crippen LogP contribution is 2.36. The first-order chi connectivity index (χ1) is 10.7. The minimum Gasteiger partial charge on any atom is -0.493 e. The Balaban J connectivity index is 2.21. The Kier molecular flexibility index (Phi) is 3.85. The predicted octanol–water partition coefficient (Wildman–Crippen LogP) is 3.50. The van der Waals surface area contributed by atoms with E-state index in [1.54, 1.807) is 14.2 Å². The van der Waals surface area contributed by atoms with Gasteiger partial charge < -0.3 is 13.9 Å². The van der Waals surface area contributed by atoms with Crippen molar-refractivity contribution in [2.24, 2.45) is 0 Å². The summed E-state index contributed by atoms with van der Waals surface area (Å²) in [7, 11) is 3.17. The van der Waals surface area contributed by atoms with Crippen molar-refractivity contribution in [3.8, 4) is 22.6 Å². The Morgan fingerprint density at radius 2 is 2.00 bits per heavy atom. The van der Waals surface area contributed by atoms with Crippen LogP contribution in [-0.2, 0) is 6.42 Å². The number of benzene rings is 1. The molecular weight excluding hydrogens is 302 g/mol. The van der Waals surface area contributed by atoms with Gasteiger partial charge in [-0.15, -0.1) is 11.3 Å². The molecule has 0 spiro atoms. The van der Waals surface area contributed by atoms with Crippen molar-refractivity contribution in [1.29, 1.82) is 0 Å². The first-order valence-electron chi connectivity index (χ1n) is 6.81. The second kappa shape index (κ2) is 5.81. The molecule has 0 fully saturated rings. The average molecular weight is 317 g/mol. The fourth-order valence-corrected chi connectivity index (χ4v) is 3.24. The zero-order valence-corrected chi connectivity index (χ0v) is 13.3. The van der Waals surface area contributed by atoms with Gasteiger partial charge in [0.2, 0.25) is 0 Å². The molecular formula is C16H15NO4S. The lowest BCUT2D eigenvalue weighted by Gasteiger charge is -2.09. The van der Waals surface area contributed by atoms with Crippen LogP contribution >= 0.6 is 11.3 Å². The Morgan fingerprint density at radius 3 is 2.68 bits per heavy atom. The molecule has 114 valence electrons. The zero-order chi connectivity index (χ0) is 15.7. The van der Waals surface area contributed by atoms with E-state index >= 15 is 0 Å². The molecule has 0 radical (unpaired) electrons. The first-order valence-corrected chi connectivity index (χ1v) is 7.69. The van der Waals surface area contributed by atoms with Crippen LogP contribution in [0.2, 0.25) is 0 Å². The van der Waals surface area contributed by atoms with Crippen molar-refractivity contribution in [3.63, 3.8) is 0 Å². The molecule has 0 saturated heterocycles. The summed E-state index contributed by atoms with van der Waals surface area (Å²) in [6, 6.07) is 5.54. The molecule has 5 nitrogen and oxygen atoms in total. The lowest BCUT2D eigenvalue weighted by molar-refractivity contribution is 0.355. The molecule has 0 atom stereocenters. The van der Waals surface area contributed by atoms with E-state index in [0.29, 0.717) is 34.0 Å². The number of nitrogens with zero attached hydrogens (tertiary/aromatic N) is 1. The maximum Gasteiger partial charge on any atom is 0.348 e. The third-order valence-electron chi connectivity index (χ3n) is 3.41. The number of hydrogen-bond donors (Lipinski definition) is 0. The van der Waals surface area contributed by atoms with Gasteiger partial charge in [0.15, 0.2) is 17.4 Å². The molecule has 1 aromatic carbocycles. The summed E-state index contributed by atoms with van der Waals surface area (Å²) in [6.07, 6.45) is 0.592. The Bertz CT molecular complexity index is 881. The summed E-state index contributed by atoms with van der Waals surface area (Å²) in [5.41, 5.74) is 1.31. The number of fused-ring (bicyclic) bond motifs is 1. The molecule has 2 aromatic heterocycles. The van der Waals surface area contributed by atoms with E-state index < -0.39 is 0 Å². The molecule has 0 aliphatic carbocycles. The topological polar surface area (TPSA) is 61.6 Å². The van der Waals surface area contributed by atoms with E-state index in [0.717, 1.165) is 11.1 Å². The summed E-state index contributed by atoms with van der Waals surface area (Å²) in [4.78, 5) is 17.3. The molecule has 0 bridgehead atoms. The zero-order valence-electron chi connectivity index (χ0n) is 12.5. The normalized spacial score (nSPS) is 10.9. The van der Waals surface area contributed by atoms with E-state index in [1.165, 1.54) is 11.3 Å². The molecule has 0 unspecified atom stereocenters. The van der Waals surface area contributed by atoms with Gasteiger partial charge in [-0.25, -0.2) is 9.78 Å². The molecule has 6 heteroatoms. The Hall–Kier alpha value is -2.34. The van der Waals surface area contributed by atoms with Gasteiger partial charge in [0, 0.05) is 17.4 Å². The van der Waals surface area contributed by atoms with E-state index in [9.17, 15) is 4.79 Å². The highest BCUT2D eigenvalue weighted by atomic mass is 32.1. The second-order valence-electron chi connectivity index (χ2n) is 4.65. The summed E-state index contributed by atoms with van der Waals surface area (Å²) in [5.74, 6) is 1.71.